The largest absolute Gasteiger partial charge is 0.497 e. The van der Waals surface area contributed by atoms with Gasteiger partial charge >= 0.3 is 0 Å². The number of halogens is 1. The first-order valence-corrected chi connectivity index (χ1v) is 12.2. The number of furan rings is 1. The zero-order chi connectivity index (χ0) is 26.6. The molecule has 1 atom stereocenters. The van der Waals surface area contributed by atoms with Crippen LogP contribution in [0.3, 0.4) is 0 Å². The molecule has 192 valence electrons. The minimum Gasteiger partial charge on any atom is -0.497 e. The Hall–Kier alpha value is -4.72. The average molecular weight is 512 g/mol. The highest BCUT2D eigenvalue weighted by Crippen LogP contribution is 2.30. The molecule has 1 unspecified atom stereocenters. The molecule has 2 heterocycles. The van der Waals surface area contributed by atoms with E-state index >= 15 is 0 Å². The molecule has 7 nitrogen and oxygen atoms in total. The van der Waals surface area contributed by atoms with Crippen molar-refractivity contribution in [1.29, 1.82) is 0 Å². The number of fused-ring (bicyclic) bond motifs is 1. The van der Waals surface area contributed by atoms with Gasteiger partial charge in [0.15, 0.2) is 0 Å². The predicted octanol–water partition coefficient (Wildman–Crippen LogP) is 5.92. The van der Waals surface area contributed by atoms with Crippen LogP contribution in [0.2, 0.25) is 0 Å². The van der Waals surface area contributed by atoms with Gasteiger partial charge in [0.05, 0.1) is 42.5 Å². The summed E-state index contributed by atoms with van der Waals surface area (Å²) in [5.41, 5.74) is 1.03. The summed E-state index contributed by atoms with van der Waals surface area (Å²) in [6.07, 6.45) is 1.96. The second kappa shape index (κ2) is 10.7. The summed E-state index contributed by atoms with van der Waals surface area (Å²) >= 11 is 0. The fourth-order valence-electron chi connectivity index (χ4n) is 4.58. The number of para-hydroxylation sites is 1. The smallest absolute Gasteiger partial charge is 0.266 e. The Morgan fingerprint density at radius 2 is 1.84 bits per heavy atom. The number of amides is 1. The Bertz CT molecular complexity index is 1630. The third-order valence-electron chi connectivity index (χ3n) is 6.43. The summed E-state index contributed by atoms with van der Waals surface area (Å²) in [4.78, 5) is 34.2. The van der Waals surface area contributed by atoms with Gasteiger partial charge in [-0.1, -0.05) is 25.1 Å². The molecule has 0 aliphatic carbocycles. The zero-order valence-corrected chi connectivity index (χ0v) is 21.0. The van der Waals surface area contributed by atoms with Crippen LogP contribution in [0.1, 0.15) is 41.3 Å². The molecule has 2 aromatic heterocycles. The minimum absolute atomic E-state index is 0.103. The first kappa shape index (κ1) is 25.0. The fourth-order valence-corrected chi connectivity index (χ4v) is 4.58. The topological polar surface area (TPSA) is 77.6 Å². The van der Waals surface area contributed by atoms with E-state index in [-0.39, 0.29) is 17.7 Å². The molecule has 0 aliphatic rings. The van der Waals surface area contributed by atoms with Gasteiger partial charge in [-0.2, -0.15) is 0 Å². The molecule has 0 fully saturated rings. The molecule has 0 radical (unpaired) electrons. The van der Waals surface area contributed by atoms with Crippen molar-refractivity contribution in [3.8, 4) is 11.4 Å². The molecular weight excluding hydrogens is 485 g/mol. The SMILES string of the molecule is CCC(c1nc2ccccc2c(=O)n1-c1ccc(OC)cc1)N(Cc1ccco1)C(=O)c1cccc(F)c1. The third-order valence-corrected chi connectivity index (χ3v) is 6.43. The van der Waals surface area contributed by atoms with Crippen molar-refractivity contribution in [2.45, 2.75) is 25.9 Å². The lowest BCUT2D eigenvalue weighted by molar-refractivity contribution is 0.0623. The zero-order valence-electron chi connectivity index (χ0n) is 21.0. The van der Waals surface area contributed by atoms with E-state index < -0.39 is 17.8 Å². The number of nitrogens with zero attached hydrogens (tertiary/aromatic N) is 3. The van der Waals surface area contributed by atoms with E-state index in [1.807, 2.05) is 13.0 Å². The molecule has 38 heavy (non-hydrogen) atoms. The number of hydrogen-bond acceptors (Lipinski definition) is 5. The molecule has 0 spiro atoms. The number of methoxy groups -OCH3 is 1. The van der Waals surface area contributed by atoms with Gasteiger partial charge in [-0.15, -0.1) is 0 Å². The van der Waals surface area contributed by atoms with Crippen molar-refractivity contribution in [2.75, 3.05) is 7.11 Å². The summed E-state index contributed by atoms with van der Waals surface area (Å²) in [5.74, 6) is 0.659. The van der Waals surface area contributed by atoms with Gasteiger partial charge in [0.25, 0.3) is 11.5 Å². The van der Waals surface area contributed by atoms with Crippen molar-refractivity contribution < 1.29 is 18.3 Å². The Labute approximate surface area is 218 Å². The van der Waals surface area contributed by atoms with E-state index in [0.29, 0.717) is 40.3 Å². The Balaban J connectivity index is 1.72. The van der Waals surface area contributed by atoms with E-state index in [1.54, 1.807) is 72.7 Å². The second-order valence-corrected chi connectivity index (χ2v) is 8.77. The van der Waals surface area contributed by atoms with Gasteiger partial charge in [0.2, 0.25) is 0 Å². The third kappa shape index (κ3) is 4.80. The van der Waals surface area contributed by atoms with Crippen LogP contribution in [0.4, 0.5) is 4.39 Å². The molecule has 0 aliphatic heterocycles. The van der Waals surface area contributed by atoms with Gasteiger partial charge in [0, 0.05) is 5.56 Å². The van der Waals surface area contributed by atoms with Gasteiger partial charge in [-0.25, -0.2) is 9.37 Å². The van der Waals surface area contributed by atoms with Crippen LogP contribution in [-0.2, 0) is 6.54 Å². The maximum absolute atomic E-state index is 14.1. The summed E-state index contributed by atoms with van der Waals surface area (Å²) in [6, 6.07) is 22.6. The van der Waals surface area contributed by atoms with Gasteiger partial charge < -0.3 is 14.1 Å². The van der Waals surface area contributed by atoms with Crippen LogP contribution < -0.4 is 10.3 Å². The first-order valence-electron chi connectivity index (χ1n) is 12.2. The van der Waals surface area contributed by atoms with Gasteiger partial charge in [-0.3, -0.25) is 14.2 Å². The fraction of sp³-hybridized carbons (Fsp3) is 0.167. The van der Waals surface area contributed by atoms with E-state index in [9.17, 15) is 14.0 Å². The minimum atomic E-state index is -0.643. The maximum Gasteiger partial charge on any atom is 0.266 e. The van der Waals surface area contributed by atoms with Crippen LogP contribution in [0.5, 0.6) is 5.75 Å². The standard InChI is InChI=1S/C30H26FN3O4/c1-3-27(33(19-24-10-7-17-38-24)29(35)20-8-6-9-21(31)18-20)28-32-26-12-5-4-11-25(26)30(36)34(28)22-13-15-23(37-2)16-14-22/h4-18,27H,3,19H2,1-2H3. The average Bonchev–Trinajstić information content (AvgIpc) is 3.46. The van der Waals surface area contributed by atoms with Crippen molar-refractivity contribution >= 4 is 16.8 Å². The molecule has 0 saturated heterocycles. The van der Waals surface area contributed by atoms with Crippen molar-refractivity contribution in [1.82, 2.24) is 14.5 Å². The molecule has 0 bridgehead atoms. The highest BCUT2D eigenvalue weighted by molar-refractivity contribution is 5.94. The molecule has 5 rings (SSSR count). The van der Waals surface area contributed by atoms with Crippen LogP contribution in [0.25, 0.3) is 16.6 Å². The Morgan fingerprint density at radius 1 is 1.05 bits per heavy atom. The summed E-state index contributed by atoms with van der Waals surface area (Å²) in [7, 11) is 1.57. The lowest BCUT2D eigenvalue weighted by atomic mass is 10.1. The van der Waals surface area contributed by atoms with Crippen LogP contribution >= 0.6 is 0 Å². The Kier molecular flexibility index (Phi) is 7.04. The predicted molar refractivity (Wildman–Crippen MR) is 142 cm³/mol. The molecule has 3 aromatic carbocycles. The number of benzene rings is 3. The molecule has 5 aromatic rings. The van der Waals surface area contributed by atoms with E-state index in [0.717, 1.165) is 0 Å². The number of ether oxygens (including phenoxy) is 1. The molecule has 0 saturated carbocycles. The lowest BCUT2D eigenvalue weighted by Crippen LogP contribution is -2.38. The van der Waals surface area contributed by atoms with Crippen molar-refractivity contribution in [3.05, 3.63) is 125 Å². The lowest BCUT2D eigenvalue weighted by Gasteiger charge is -2.32. The summed E-state index contributed by atoms with van der Waals surface area (Å²) < 4.78 is 26.5. The van der Waals surface area contributed by atoms with E-state index in [2.05, 4.69) is 0 Å². The number of aromatic nitrogens is 2. The van der Waals surface area contributed by atoms with Gasteiger partial charge in [0.1, 0.15) is 23.2 Å². The van der Waals surface area contributed by atoms with Crippen LogP contribution in [-0.4, -0.2) is 27.5 Å². The molecular formula is C30H26FN3O4. The number of carbonyl (C=O) groups excluding carboxylic acids is 1. The van der Waals surface area contributed by atoms with E-state index in [4.69, 9.17) is 14.1 Å². The van der Waals surface area contributed by atoms with Crippen molar-refractivity contribution in [2.24, 2.45) is 0 Å². The molecule has 0 N–H and O–H groups in total. The molecule has 8 heteroatoms. The monoisotopic (exact) mass is 511 g/mol. The highest BCUT2D eigenvalue weighted by Gasteiger charge is 2.30. The maximum atomic E-state index is 14.1. The normalized spacial score (nSPS) is 11.9. The number of carbonyl (C=O) groups is 1. The van der Waals surface area contributed by atoms with Crippen LogP contribution in [0.15, 0.2) is 100 Å². The number of rotatable bonds is 8. The van der Waals surface area contributed by atoms with Gasteiger partial charge in [-0.05, 0) is 73.2 Å². The Morgan fingerprint density at radius 3 is 2.53 bits per heavy atom. The van der Waals surface area contributed by atoms with E-state index in [1.165, 1.54) is 29.0 Å². The second-order valence-electron chi connectivity index (χ2n) is 8.77. The molecule has 1 amide bonds. The highest BCUT2D eigenvalue weighted by atomic mass is 19.1. The van der Waals surface area contributed by atoms with Crippen molar-refractivity contribution in [3.63, 3.8) is 0 Å². The first-order chi connectivity index (χ1) is 18.5. The quantitative estimate of drug-likeness (QED) is 0.258. The van der Waals surface area contributed by atoms with Crippen LogP contribution in [0, 0.1) is 5.82 Å². The summed E-state index contributed by atoms with van der Waals surface area (Å²) in [5, 5.41) is 0.455. The number of hydrogen-bond donors (Lipinski definition) is 0. The summed E-state index contributed by atoms with van der Waals surface area (Å²) in [6.45, 7) is 2.02.